The Kier molecular flexibility index (Phi) is 6.27. The summed E-state index contributed by atoms with van der Waals surface area (Å²) in [4.78, 5) is 56.0. The third-order valence-electron chi connectivity index (χ3n) is 7.39. The first-order valence-electron chi connectivity index (χ1n) is 12.0. The fourth-order valence-corrected chi connectivity index (χ4v) is 5.52. The predicted molar refractivity (Wildman–Crippen MR) is 120 cm³/mol. The molecule has 176 valence electrons. The van der Waals surface area contributed by atoms with Crippen molar-refractivity contribution in [2.45, 2.75) is 38.3 Å². The molecule has 0 bridgehead atoms. The van der Waals surface area contributed by atoms with E-state index in [1.807, 2.05) is 6.07 Å². The molecule has 4 amide bonds. The van der Waals surface area contributed by atoms with Crippen molar-refractivity contribution in [1.82, 2.24) is 25.3 Å². The Bertz CT molecular complexity index is 966. The molecule has 0 aliphatic carbocycles. The molecular formula is C24H31N5O4. The van der Waals surface area contributed by atoms with Gasteiger partial charge in [-0.05, 0) is 49.9 Å². The van der Waals surface area contributed by atoms with Crippen molar-refractivity contribution in [2.24, 2.45) is 5.92 Å². The number of rotatable bonds is 5. The van der Waals surface area contributed by atoms with Crippen molar-refractivity contribution >= 4 is 23.6 Å². The number of carbonyl (C=O) groups is 4. The lowest BCUT2D eigenvalue weighted by Gasteiger charge is -2.37. The van der Waals surface area contributed by atoms with Crippen LogP contribution in [0.4, 0.5) is 0 Å². The summed E-state index contributed by atoms with van der Waals surface area (Å²) in [5.41, 5.74) is 1.59. The standard InChI is InChI=1S/C24H31N5O4/c30-20-5-4-19(22(31)26-20)29-23(32)18-3-1-2-17(21(18)24(29)33)15-28-12-10-27(11-13-28)14-16-6-8-25-9-7-16/h1-3,16,19,25H,4-15H2,(H,26,30,31). The molecule has 9 heteroatoms. The first-order valence-corrected chi connectivity index (χ1v) is 12.0. The van der Waals surface area contributed by atoms with Gasteiger partial charge in [-0.25, -0.2) is 0 Å². The first-order chi connectivity index (χ1) is 16.0. The highest BCUT2D eigenvalue weighted by molar-refractivity contribution is 6.24. The van der Waals surface area contributed by atoms with E-state index in [9.17, 15) is 19.2 Å². The summed E-state index contributed by atoms with van der Waals surface area (Å²) in [6, 6.07) is 4.43. The molecule has 0 spiro atoms. The zero-order valence-corrected chi connectivity index (χ0v) is 18.8. The Morgan fingerprint density at radius 2 is 1.61 bits per heavy atom. The second-order valence-corrected chi connectivity index (χ2v) is 9.56. The Labute approximate surface area is 193 Å². The lowest BCUT2D eigenvalue weighted by Crippen LogP contribution is -2.54. The van der Waals surface area contributed by atoms with Gasteiger partial charge >= 0.3 is 0 Å². The Balaban J connectivity index is 1.24. The number of fused-ring (bicyclic) bond motifs is 1. The molecule has 0 saturated carbocycles. The van der Waals surface area contributed by atoms with Crippen molar-refractivity contribution < 1.29 is 19.2 Å². The summed E-state index contributed by atoms with van der Waals surface area (Å²) < 4.78 is 0. The molecular weight excluding hydrogens is 422 g/mol. The van der Waals surface area contributed by atoms with Crippen LogP contribution in [0.15, 0.2) is 18.2 Å². The minimum absolute atomic E-state index is 0.123. The highest BCUT2D eigenvalue weighted by atomic mass is 16.2. The number of nitrogens with zero attached hydrogens (tertiary/aromatic N) is 3. The van der Waals surface area contributed by atoms with Gasteiger partial charge in [0.1, 0.15) is 6.04 Å². The van der Waals surface area contributed by atoms with Crippen LogP contribution in [0, 0.1) is 5.92 Å². The first kappa shape index (κ1) is 22.2. The fourth-order valence-electron chi connectivity index (χ4n) is 5.52. The summed E-state index contributed by atoms with van der Waals surface area (Å²) in [6.07, 6.45) is 2.79. The second-order valence-electron chi connectivity index (χ2n) is 9.56. The van der Waals surface area contributed by atoms with Crippen LogP contribution in [0.2, 0.25) is 0 Å². The van der Waals surface area contributed by atoms with Crippen LogP contribution < -0.4 is 10.6 Å². The van der Waals surface area contributed by atoms with E-state index in [0.717, 1.165) is 62.2 Å². The van der Waals surface area contributed by atoms with Gasteiger partial charge in [0.25, 0.3) is 11.8 Å². The SMILES string of the molecule is O=C1CCC(N2C(=O)c3cccc(CN4CCN(CC5CCNCC5)CC4)c3C2=O)C(=O)N1. The van der Waals surface area contributed by atoms with Crippen LogP contribution in [-0.2, 0) is 16.1 Å². The third kappa shape index (κ3) is 4.45. The average Bonchev–Trinajstić information content (AvgIpc) is 3.07. The van der Waals surface area contributed by atoms with E-state index in [0.29, 0.717) is 17.7 Å². The van der Waals surface area contributed by atoms with E-state index < -0.39 is 23.8 Å². The second kappa shape index (κ2) is 9.32. The molecule has 2 N–H and O–H groups in total. The molecule has 3 fully saturated rings. The molecule has 33 heavy (non-hydrogen) atoms. The number of hydrogen-bond acceptors (Lipinski definition) is 7. The maximum atomic E-state index is 13.3. The van der Waals surface area contributed by atoms with Crippen LogP contribution in [0.3, 0.4) is 0 Å². The molecule has 4 aliphatic rings. The van der Waals surface area contributed by atoms with E-state index >= 15 is 0 Å². The average molecular weight is 454 g/mol. The molecule has 0 radical (unpaired) electrons. The Morgan fingerprint density at radius 3 is 2.33 bits per heavy atom. The third-order valence-corrected chi connectivity index (χ3v) is 7.39. The number of nitrogens with one attached hydrogen (secondary N) is 2. The van der Waals surface area contributed by atoms with E-state index in [4.69, 9.17) is 0 Å². The molecule has 1 aromatic rings. The van der Waals surface area contributed by atoms with Gasteiger partial charge in [0.05, 0.1) is 11.1 Å². The normalized spacial score (nSPS) is 25.5. The summed E-state index contributed by atoms with van der Waals surface area (Å²) in [5.74, 6) is -1.04. The van der Waals surface area contributed by atoms with Gasteiger partial charge in [0.15, 0.2) is 0 Å². The van der Waals surface area contributed by atoms with E-state index in [-0.39, 0.29) is 18.7 Å². The topological polar surface area (TPSA) is 102 Å². The lowest BCUT2D eigenvalue weighted by atomic mass is 9.97. The fraction of sp³-hybridized carbons (Fsp3) is 0.583. The minimum atomic E-state index is -0.929. The number of hydrogen-bond donors (Lipinski definition) is 2. The molecule has 4 heterocycles. The number of piperazine rings is 1. The van der Waals surface area contributed by atoms with Gasteiger partial charge in [0, 0.05) is 45.7 Å². The maximum absolute atomic E-state index is 13.3. The van der Waals surface area contributed by atoms with Gasteiger partial charge in [-0.1, -0.05) is 12.1 Å². The quantitative estimate of drug-likeness (QED) is 0.615. The molecule has 0 aromatic heterocycles. The van der Waals surface area contributed by atoms with E-state index in [1.165, 1.54) is 12.8 Å². The summed E-state index contributed by atoms with van der Waals surface area (Å²) in [6.45, 7) is 7.86. The van der Waals surface area contributed by atoms with Gasteiger partial charge in [0.2, 0.25) is 11.8 Å². The summed E-state index contributed by atoms with van der Waals surface area (Å²) >= 11 is 0. The van der Waals surface area contributed by atoms with Crippen LogP contribution in [0.5, 0.6) is 0 Å². The molecule has 5 rings (SSSR count). The van der Waals surface area contributed by atoms with E-state index in [2.05, 4.69) is 20.4 Å². The molecule has 1 atom stereocenters. The molecule has 1 unspecified atom stereocenters. The number of amides is 4. The van der Waals surface area contributed by atoms with Crippen LogP contribution >= 0.6 is 0 Å². The highest BCUT2D eigenvalue weighted by Gasteiger charge is 2.45. The zero-order chi connectivity index (χ0) is 22.9. The zero-order valence-electron chi connectivity index (χ0n) is 18.8. The minimum Gasteiger partial charge on any atom is -0.317 e. The monoisotopic (exact) mass is 453 g/mol. The maximum Gasteiger partial charge on any atom is 0.262 e. The predicted octanol–water partition coefficient (Wildman–Crippen LogP) is 0.205. The van der Waals surface area contributed by atoms with Gasteiger partial charge in [-0.3, -0.25) is 34.3 Å². The lowest BCUT2D eigenvalue weighted by molar-refractivity contribution is -0.136. The molecule has 3 saturated heterocycles. The van der Waals surface area contributed by atoms with Crippen molar-refractivity contribution in [1.29, 1.82) is 0 Å². The smallest absolute Gasteiger partial charge is 0.262 e. The van der Waals surface area contributed by atoms with Crippen molar-refractivity contribution in [3.8, 4) is 0 Å². The number of carbonyl (C=O) groups excluding carboxylic acids is 4. The van der Waals surface area contributed by atoms with Crippen molar-refractivity contribution in [2.75, 3.05) is 45.8 Å². The van der Waals surface area contributed by atoms with E-state index in [1.54, 1.807) is 12.1 Å². The van der Waals surface area contributed by atoms with Crippen LogP contribution in [0.1, 0.15) is 52.0 Å². The summed E-state index contributed by atoms with van der Waals surface area (Å²) in [5, 5.41) is 5.67. The van der Waals surface area contributed by atoms with Gasteiger partial charge < -0.3 is 10.2 Å². The van der Waals surface area contributed by atoms with Crippen molar-refractivity contribution in [3.63, 3.8) is 0 Å². The molecule has 4 aliphatic heterocycles. The van der Waals surface area contributed by atoms with Gasteiger partial charge in [-0.2, -0.15) is 0 Å². The number of piperidine rings is 2. The largest absolute Gasteiger partial charge is 0.317 e. The Hall–Kier alpha value is -2.62. The molecule has 9 nitrogen and oxygen atoms in total. The molecule has 1 aromatic carbocycles. The van der Waals surface area contributed by atoms with Gasteiger partial charge in [-0.15, -0.1) is 0 Å². The summed E-state index contributed by atoms with van der Waals surface area (Å²) in [7, 11) is 0. The van der Waals surface area contributed by atoms with Crippen LogP contribution in [-0.4, -0.2) is 90.2 Å². The number of benzene rings is 1. The van der Waals surface area contributed by atoms with Crippen molar-refractivity contribution in [3.05, 3.63) is 34.9 Å². The van der Waals surface area contributed by atoms with Crippen LogP contribution in [0.25, 0.3) is 0 Å². The highest BCUT2D eigenvalue weighted by Crippen LogP contribution is 2.30. The number of imide groups is 2. The Morgan fingerprint density at radius 1 is 0.879 bits per heavy atom.